The molecule has 14 heteroatoms. The Morgan fingerprint density at radius 3 is 0.893 bits per heavy atom. The minimum Gasteiger partial charge on any atom is -0.480 e. The third-order valence-corrected chi connectivity index (χ3v) is 3.17. The second kappa shape index (κ2) is 17.1. The van der Waals surface area contributed by atoms with E-state index in [0.29, 0.717) is 0 Å². The van der Waals surface area contributed by atoms with Gasteiger partial charge in [-0.05, 0) is 0 Å². The lowest BCUT2D eigenvalue weighted by molar-refractivity contribution is -0.145. The maximum Gasteiger partial charge on any atom is 0.317 e. The molecule has 0 heterocycles. The SMILES string of the molecule is C1CCC1.O=C(O)CN(CCN(CC(=O)O)CC(=O)O)CC(=O)O.O=[PH](O)O. The average Bonchev–Trinajstić information content (AvgIpc) is 2.39. The van der Waals surface area contributed by atoms with Gasteiger partial charge in [-0.15, -0.1) is 0 Å². The highest BCUT2D eigenvalue weighted by atomic mass is 31.1. The van der Waals surface area contributed by atoms with Crippen LogP contribution in [0.3, 0.4) is 0 Å². The van der Waals surface area contributed by atoms with E-state index in [9.17, 15) is 19.2 Å². The van der Waals surface area contributed by atoms with E-state index in [0.717, 1.165) is 9.80 Å². The number of aliphatic carboxylic acids is 4. The Morgan fingerprint density at radius 2 is 0.786 bits per heavy atom. The number of carboxylic acids is 4. The van der Waals surface area contributed by atoms with Gasteiger partial charge in [0.1, 0.15) is 0 Å². The molecule has 0 aromatic heterocycles. The molecule has 0 aromatic carbocycles. The number of carbonyl (C=O) groups is 4. The highest BCUT2D eigenvalue weighted by Crippen LogP contribution is 2.15. The van der Waals surface area contributed by atoms with Crippen molar-refractivity contribution in [1.29, 1.82) is 0 Å². The predicted octanol–water partition coefficient (Wildman–Crippen LogP) is -1.15. The van der Waals surface area contributed by atoms with Gasteiger partial charge in [-0.1, -0.05) is 25.7 Å². The first kappa shape index (κ1) is 28.2. The van der Waals surface area contributed by atoms with Crippen LogP contribution in [0, 0.1) is 0 Å². The molecule has 1 aliphatic carbocycles. The van der Waals surface area contributed by atoms with Crippen LogP contribution >= 0.6 is 8.25 Å². The van der Waals surface area contributed by atoms with E-state index in [-0.39, 0.29) is 13.1 Å². The molecule has 0 atom stereocenters. The fourth-order valence-corrected chi connectivity index (χ4v) is 1.73. The highest BCUT2D eigenvalue weighted by Gasteiger charge is 2.17. The fourth-order valence-electron chi connectivity index (χ4n) is 1.73. The van der Waals surface area contributed by atoms with Gasteiger partial charge in [-0.3, -0.25) is 33.5 Å². The maximum atomic E-state index is 10.6. The van der Waals surface area contributed by atoms with Crippen molar-refractivity contribution in [3.05, 3.63) is 0 Å². The minimum absolute atomic E-state index is 0.0703. The first-order valence-corrected chi connectivity index (χ1v) is 9.48. The van der Waals surface area contributed by atoms with E-state index in [1.807, 2.05) is 0 Å². The van der Waals surface area contributed by atoms with Crippen LogP contribution < -0.4 is 0 Å². The Balaban J connectivity index is 0. The molecular weight excluding hydrogens is 403 g/mol. The van der Waals surface area contributed by atoms with Crippen molar-refractivity contribution >= 4 is 32.1 Å². The molecule has 1 rings (SSSR count). The standard InChI is InChI=1S/C10H16N2O8.C4H8.H3O3P/c13-7(14)3-11(4-8(15)16)1-2-12(5-9(17)18)6-10(19)20;1-2-4-3-1;1-4(2)3/h1-6H2,(H,13,14)(H,15,16)(H,17,18)(H,19,20);1-4H2;4H,(H2,1,2,3). The number of rotatable bonds is 11. The maximum absolute atomic E-state index is 10.6. The summed E-state index contributed by atoms with van der Waals surface area (Å²) in [5.41, 5.74) is 0. The molecule has 1 saturated carbocycles. The average molecular weight is 430 g/mol. The quantitative estimate of drug-likeness (QED) is 0.214. The Morgan fingerprint density at radius 1 is 0.607 bits per heavy atom. The lowest BCUT2D eigenvalue weighted by atomic mass is 10.0. The van der Waals surface area contributed by atoms with Gasteiger partial charge in [0.2, 0.25) is 0 Å². The van der Waals surface area contributed by atoms with Crippen molar-refractivity contribution < 1.29 is 54.0 Å². The van der Waals surface area contributed by atoms with Gasteiger partial charge in [0, 0.05) is 13.1 Å². The number of hydrogen-bond acceptors (Lipinski definition) is 7. The summed E-state index contributed by atoms with van der Waals surface area (Å²) in [6.07, 6.45) is 6.00. The third kappa shape index (κ3) is 23.9. The van der Waals surface area contributed by atoms with Crippen molar-refractivity contribution in [3.63, 3.8) is 0 Å². The van der Waals surface area contributed by atoms with Crippen LogP contribution in [-0.2, 0) is 23.7 Å². The van der Waals surface area contributed by atoms with Gasteiger partial charge < -0.3 is 30.2 Å². The van der Waals surface area contributed by atoms with E-state index < -0.39 is 58.3 Å². The molecule has 1 fully saturated rings. The molecule has 0 bridgehead atoms. The van der Waals surface area contributed by atoms with Crippen LogP contribution in [0.1, 0.15) is 25.7 Å². The molecule has 0 aromatic rings. The smallest absolute Gasteiger partial charge is 0.317 e. The molecular formula is C14H27N2O11P. The van der Waals surface area contributed by atoms with Gasteiger partial charge in [0.15, 0.2) is 0 Å². The molecule has 0 aliphatic heterocycles. The van der Waals surface area contributed by atoms with Crippen LogP contribution in [0.25, 0.3) is 0 Å². The van der Waals surface area contributed by atoms with E-state index in [1.54, 1.807) is 0 Å². The Hall–Kier alpha value is -2.05. The zero-order chi connectivity index (χ0) is 22.1. The Bertz CT molecular complexity index is 449. The van der Waals surface area contributed by atoms with E-state index in [1.165, 1.54) is 25.7 Å². The van der Waals surface area contributed by atoms with Crippen LogP contribution in [0.5, 0.6) is 0 Å². The summed E-state index contributed by atoms with van der Waals surface area (Å²) in [4.78, 5) is 58.7. The van der Waals surface area contributed by atoms with Crippen LogP contribution in [-0.4, -0.2) is 103 Å². The molecule has 0 radical (unpaired) electrons. The summed E-state index contributed by atoms with van der Waals surface area (Å²) in [7, 11) is -3.13. The molecule has 13 nitrogen and oxygen atoms in total. The first-order valence-electron chi connectivity index (χ1n) is 8.17. The van der Waals surface area contributed by atoms with E-state index in [2.05, 4.69) is 0 Å². The molecule has 0 amide bonds. The van der Waals surface area contributed by atoms with Gasteiger partial charge in [-0.2, -0.15) is 0 Å². The summed E-state index contributed by atoms with van der Waals surface area (Å²) < 4.78 is 8.74. The van der Waals surface area contributed by atoms with Crippen LogP contribution in [0.2, 0.25) is 0 Å². The summed E-state index contributed by atoms with van der Waals surface area (Å²) in [5, 5.41) is 34.5. The minimum atomic E-state index is -3.13. The molecule has 0 spiro atoms. The largest absolute Gasteiger partial charge is 0.480 e. The number of carboxylic acid groups (broad SMARTS) is 4. The summed E-state index contributed by atoms with van der Waals surface area (Å²) in [6, 6.07) is 0. The molecule has 6 N–H and O–H groups in total. The van der Waals surface area contributed by atoms with Crippen molar-refractivity contribution in [1.82, 2.24) is 9.80 Å². The fraction of sp³-hybridized carbons (Fsp3) is 0.714. The van der Waals surface area contributed by atoms with E-state index in [4.69, 9.17) is 34.8 Å². The topological polar surface area (TPSA) is 213 Å². The number of nitrogens with zero attached hydrogens (tertiary/aromatic N) is 2. The van der Waals surface area contributed by atoms with Crippen molar-refractivity contribution in [3.8, 4) is 0 Å². The second-order valence-corrected chi connectivity index (χ2v) is 6.26. The predicted molar refractivity (Wildman–Crippen MR) is 95.3 cm³/mol. The first-order chi connectivity index (χ1) is 12.9. The summed E-state index contributed by atoms with van der Waals surface area (Å²) in [6.45, 7) is -2.25. The van der Waals surface area contributed by atoms with Gasteiger partial charge in [0.05, 0.1) is 26.2 Å². The van der Waals surface area contributed by atoms with Crippen molar-refractivity contribution in [2.24, 2.45) is 0 Å². The summed E-state index contributed by atoms with van der Waals surface area (Å²) in [5.74, 6) is -4.91. The molecule has 0 saturated heterocycles. The zero-order valence-corrected chi connectivity index (χ0v) is 16.2. The van der Waals surface area contributed by atoms with Gasteiger partial charge >= 0.3 is 32.1 Å². The van der Waals surface area contributed by atoms with Crippen LogP contribution in [0.4, 0.5) is 0 Å². The monoisotopic (exact) mass is 430 g/mol. The molecule has 1 aliphatic rings. The Kier molecular flexibility index (Phi) is 17.2. The van der Waals surface area contributed by atoms with E-state index >= 15 is 0 Å². The molecule has 0 unspecified atom stereocenters. The van der Waals surface area contributed by atoms with Gasteiger partial charge in [-0.25, -0.2) is 0 Å². The normalized spacial score (nSPS) is 12.3. The lowest BCUT2D eigenvalue weighted by Gasteiger charge is -2.23. The number of hydrogen-bond donors (Lipinski definition) is 6. The highest BCUT2D eigenvalue weighted by molar-refractivity contribution is 7.30. The molecule has 28 heavy (non-hydrogen) atoms. The van der Waals surface area contributed by atoms with Gasteiger partial charge in [0.25, 0.3) is 0 Å². The third-order valence-electron chi connectivity index (χ3n) is 3.17. The Labute approximate surface area is 161 Å². The summed E-state index contributed by atoms with van der Waals surface area (Å²) >= 11 is 0. The van der Waals surface area contributed by atoms with Crippen molar-refractivity contribution in [2.75, 3.05) is 39.3 Å². The van der Waals surface area contributed by atoms with Crippen LogP contribution in [0.15, 0.2) is 0 Å². The molecule has 164 valence electrons. The van der Waals surface area contributed by atoms with Crippen molar-refractivity contribution in [2.45, 2.75) is 25.7 Å². The second-order valence-electron chi connectivity index (χ2n) is 5.69. The zero-order valence-electron chi connectivity index (χ0n) is 15.2. The lowest BCUT2D eigenvalue weighted by Crippen LogP contribution is -2.43.